The van der Waals surface area contributed by atoms with Crippen LogP contribution in [0.5, 0.6) is 28.7 Å². The quantitative estimate of drug-likeness (QED) is 0.104. The van der Waals surface area contributed by atoms with Gasteiger partial charge in [-0.2, -0.15) is 0 Å². The summed E-state index contributed by atoms with van der Waals surface area (Å²) in [6, 6.07) is 33.0. The zero-order valence-electron chi connectivity index (χ0n) is 39.1. The van der Waals surface area contributed by atoms with Gasteiger partial charge in [-0.1, -0.05) is 72.3 Å². The first-order valence-corrected chi connectivity index (χ1v) is 23.4. The molecule has 0 aromatic heterocycles. The number of amides is 4. The normalized spacial score (nSPS) is 11.0. The van der Waals surface area contributed by atoms with Gasteiger partial charge in [-0.3, -0.25) is 4.70 Å². The van der Waals surface area contributed by atoms with Gasteiger partial charge in [-0.05, 0) is 137 Å². The second-order valence-corrected chi connectivity index (χ2v) is 20.1. The third kappa shape index (κ3) is 19.2. The molecule has 0 bridgehead atoms. The molecule has 69 heavy (non-hydrogen) atoms. The van der Waals surface area contributed by atoms with Crippen LogP contribution >= 0.6 is 11.6 Å². The molecule has 0 spiro atoms. The Morgan fingerprint density at radius 3 is 1.42 bits per heavy atom. The molecule has 0 aliphatic carbocycles. The fourth-order valence-electron chi connectivity index (χ4n) is 5.65. The van der Waals surface area contributed by atoms with E-state index in [-0.39, 0.29) is 50.8 Å². The van der Waals surface area contributed by atoms with E-state index in [1.54, 1.807) is 96.9 Å². The Hall–Kier alpha value is -5.96. The van der Waals surface area contributed by atoms with E-state index in [2.05, 4.69) is 10.6 Å². The molecule has 6 aromatic carbocycles. The van der Waals surface area contributed by atoms with Crippen LogP contribution in [0.1, 0.15) is 41.5 Å². The van der Waals surface area contributed by atoms with E-state index in [1.807, 2.05) is 65.4 Å². The van der Waals surface area contributed by atoms with Crippen molar-refractivity contribution in [3.63, 3.8) is 0 Å². The number of nitrogens with one attached hydrogen (secondary N) is 4. The Labute approximate surface area is 427 Å². The molecule has 0 fully saturated rings. The average Bonchev–Trinajstić information content (AvgIpc) is 3.24. The van der Waals surface area contributed by atoms with Crippen molar-refractivity contribution in [3.8, 4) is 51.0 Å². The van der Waals surface area contributed by atoms with Crippen LogP contribution in [0.2, 0.25) is 5.02 Å². The minimum Gasteiger partial charge on any atom is -0.872 e. The van der Waals surface area contributed by atoms with Crippen LogP contribution in [-0.4, -0.2) is 54.2 Å². The number of carbonyl (C=O) groups is 2. The smallest absolute Gasteiger partial charge is 0.872 e. The van der Waals surface area contributed by atoms with E-state index in [9.17, 15) is 40.3 Å². The summed E-state index contributed by atoms with van der Waals surface area (Å²) in [7, 11) is -5.42. The van der Waals surface area contributed by atoms with Crippen molar-refractivity contribution in [2.24, 2.45) is 0 Å². The second-order valence-electron chi connectivity index (χ2n) is 16.4. The van der Waals surface area contributed by atoms with Crippen LogP contribution in [0.15, 0.2) is 143 Å². The van der Waals surface area contributed by atoms with Gasteiger partial charge >= 0.3 is 41.6 Å². The molecular formula is C48H51ClF3N4NaO10S2. The van der Waals surface area contributed by atoms with E-state index in [4.69, 9.17) is 25.8 Å². The van der Waals surface area contributed by atoms with Crippen LogP contribution < -0.4 is 69.0 Å². The third-order valence-corrected chi connectivity index (χ3v) is 11.7. The number of carbonyl (C=O) groups excluding carboxylic acids is 2. The maximum Gasteiger partial charge on any atom is 1.00 e. The first kappa shape index (κ1) is 59.2. The van der Waals surface area contributed by atoms with Crippen LogP contribution in [-0.2, 0) is 20.0 Å². The summed E-state index contributed by atoms with van der Waals surface area (Å²) in [5.41, 5.74) is 2.41. The Morgan fingerprint density at radius 1 is 0.551 bits per heavy atom. The number of urea groups is 2. The maximum atomic E-state index is 13.9. The summed E-state index contributed by atoms with van der Waals surface area (Å²) in [6.07, 6.45) is 0. The number of rotatable bonds is 10. The molecule has 4 N–H and O–H groups in total. The van der Waals surface area contributed by atoms with Gasteiger partial charge in [0.05, 0.1) is 19.2 Å². The monoisotopic (exact) mass is 1020 g/mol. The minimum absolute atomic E-state index is 0. The van der Waals surface area contributed by atoms with Gasteiger partial charge in [-0.25, -0.2) is 44.6 Å². The van der Waals surface area contributed by atoms with Crippen molar-refractivity contribution in [2.75, 3.05) is 14.2 Å². The number of methoxy groups -OCH3 is 2. The molecule has 0 aliphatic heterocycles. The molecule has 0 unspecified atom stereocenters. The van der Waals surface area contributed by atoms with E-state index in [0.717, 1.165) is 64.1 Å². The van der Waals surface area contributed by atoms with E-state index in [0.29, 0.717) is 5.75 Å². The fraction of sp³-hybridized carbons (Fsp3) is 0.208. The summed E-state index contributed by atoms with van der Waals surface area (Å²) in [5.74, 6) is 0.229. The third-order valence-electron chi connectivity index (χ3n) is 8.55. The van der Waals surface area contributed by atoms with Crippen molar-refractivity contribution in [1.29, 1.82) is 0 Å². The zero-order valence-corrected chi connectivity index (χ0v) is 43.5. The van der Waals surface area contributed by atoms with E-state index in [1.165, 1.54) is 6.07 Å². The summed E-state index contributed by atoms with van der Waals surface area (Å²) in [5, 5.41) is 15.9. The van der Waals surface area contributed by atoms with Crippen LogP contribution in [0.25, 0.3) is 22.3 Å². The number of hydrogen-bond donors (Lipinski definition) is 4. The van der Waals surface area contributed by atoms with Crippen LogP contribution in [0.3, 0.4) is 0 Å². The van der Waals surface area contributed by atoms with Gasteiger partial charge < -0.3 is 30.0 Å². The number of hydrogen-bond acceptors (Lipinski definition) is 10. The number of benzene rings is 6. The van der Waals surface area contributed by atoms with E-state index >= 15 is 0 Å². The molecule has 14 nitrogen and oxygen atoms in total. The average molecular weight is 1020 g/mol. The molecule has 0 saturated carbocycles. The molecule has 6 aromatic rings. The first-order valence-electron chi connectivity index (χ1n) is 20.1. The summed E-state index contributed by atoms with van der Waals surface area (Å²) in [6.45, 7) is 10.2. The first-order chi connectivity index (χ1) is 31.3. The summed E-state index contributed by atoms with van der Waals surface area (Å²) in [4.78, 5) is 22.6. The minimum atomic E-state index is -4.42. The molecule has 4 amide bonds. The number of halogens is 4. The number of sulfonamides is 2. The van der Waals surface area contributed by atoms with Crippen molar-refractivity contribution < 1.29 is 88.8 Å². The summed E-state index contributed by atoms with van der Waals surface area (Å²) >= 11 is 5.68. The van der Waals surface area contributed by atoms with Gasteiger partial charge in [0.15, 0.2) is 0 Å². The molecule has 0 atom stereocenters. The molecule has 0 radical (unpaired) electrons. The number of ether oxygens (including phenoxy) is 3. The van der Waals surface area contributed by atoms with Crippen molar-refractivity contribution in [2.45, 2.75) is 62.4 Å². The molecule has 0 heterocycles. The van der Waals surface area contributed by atoms with Crippen molar-refractivity contribution in [1.82, 2.24) is 20.1 Å². The zero-order chi connectivity index (χ0) is 49.7. The molecule has 0 aliphatic rings. The van der Waals surface area contributed by atoms with Gasteiger partial charge in [0.2, 0.25) is 0 Å². The largest absolute Gasteiger partial charge is 1.00 e. The van der Waals surface area contributed by atoms with E-state index < -0.39 is 64.6 Å². The predicted octanol–water partition coefficient (Wildman–Crippen LogP) is 6.94. The van der Waals surface area contributed by atoms with Crippen LogP contribution in [0.4, 0.5) is 23.1 Å². The van der Waals surface area contributed by atoms with Crippen molar-refractivity contribution in [3.05, 3.63) is 150 Å². The Balaban J connectivity index is 0.000000385. The SMILES string of the molecule is CC(C)(C)NC(=O)NS(=O)(=O)c1cc(F)ccc1Cl.COc1ccc(-c2cccc(Oc3ccc(F)cc3S(=O)(=O)NC(=O)NC(C)(C)C)c2)cc1.COc1ccc(-c2cccc([O-])c2)cc1.F.[Na+]. The molecule has 0 saturated heterocycles. The van der Waals surface area contributed by atoms with Gasteiger partial charge in [0, 0.05) is 11.1 Å². The molecular weight excluding hydrogens is 972 g/mol. The Morgan fingerprint density at radius 2 is 0.971 bits per heavy atom. The maximum absolute atomic E-state index is 13.9. The van der Waals surface area contributed by atoms with Gasteiger partial charge in [0.1, 0.15) is 44.4 Å². The Kier molecular flexibility index (Phi) is 21.9. The predicted molar refractivity (Wildman–Crippen MR) is 254 cm³/mol. The van der Waals surface area contributed by atoms with Crippen molar-refractivity contribution >= 4 is 43.7 Å². The second kappa shape index (κ2) is 25.6. The summed E-state index contributed by atoms with van der Waals surface area (Å²) < 4.78 is 96.0. The standard InChI is InChI=1S/C24H25FN2O5S.C13H12O2.C11H14ClFN2O3S.FH.Na/c1-24(2,3)26-23(28)27-33(29,30)22-15-18(25)10-13-21(22)32-20-7-5-6-17(14-20)16-8-11-19(31-4)12-9-16;1-15-13-7-5-10(6-8-13)11-3-2-4-12(14)9-11;1-11(2,3)14-10(16)15-19(17,18)9-6-7(13)4-5-8(9)12;;/h5-15H,1-4H3,(H2,26,27,28);2-9,14H,1H3;4-6H,1-3H3,(H2,14,15,16);1H;/q;;;;+1/p-1. The topological polar surface area (TPSA) is 201 Å². The molecule has 6 rings (SSSR count). The molecule has 21 heteroatoms. The van der Waals surface area contributed by atoms with Gasteiger partial charge in [0.25, 0.3) is 20.0 Å². The fourth-order valence-corrected chi connectivity index (χ4v) is 8.12. The Bertz CT molecular complexity index is 2900. The molecule has 364 valence electrons. The van der Waals surface area contributed by atoms with Gasteiger partial charge in [-0.15, -0.1) is 5.75 Å². The van der Waals surface area contributed by atoms with Crippen LogP contribution in [0, 0.1) is 11.6 Å².